The predicted octanol–water partition coefficient (Wildman–Crippen LogP) is 4.58. The Morgan fingerprint density at radius 1 is 1.45 bits per heavy atom. The van der Waals surface area contributed by atoms with Crippen molar-refractivity contribution in [3.63, 3.8) is 0 Å². The molecule has 2 heterocycles. The summed E-state index contributed by atoms with van der Waals surface area (Å²) in [7, 11) is 0. The van der Waals surface area contributed by atoms with E-state index in [9.17, 15) is 0 Å². The Morgan fingerprint density at radius 2 is 2.10 bits per heavy atom. The van der Waals surface area contributed by atoms with Gasteiger partial charge in [-0.3, -0.25) is 4.90 Å². The highest BCUT2D eigenvalue weighted by Crippen LogP contribution is 2.36. The van der Waals surface area contributed by atoms with Gasteiger partial charge in [0, 0.05) is 37.1 Å². The Labute approximate surface area is 147 Å². The van der Waals surface area contributed by atoms with Crippen LogP contribution in [-0.2, 0) is 0 Å². The summed E-state index contributed by atoms with van der Waals surface area (Å²) in [6.07, 6.45) is 4.30. The van der Waals surface area contributed by atoms with Crippen molar-refractivity contribution in [2.45, 2.75) is 25.8 Å². The lowest BCUT2D eigenvalue weighted by Crippen LogP contribution is -2.45. The molecule has 2 rings (SSSR count). The van der Waals surface area contributed by atoms with Crippen LogP contribution in [0.4, 0.5) is 0 Å². The van der Waals surface area contributed by atoms with Crippen molar-refractivity contribution in [1.82, 2.24) is 10.2 Å². The summed E-state index contributed by atoms with van der Waals surface area (Å²) in [6, 6.07) is 2.89. The van der Waals surface area contributed by atoms with Gasteiger partial charge in [-0.25, -0.2) is 0 Å². The minimum Gasteiger partial charge on any atom is -0.314 e. The fourth-order valence-corrected chi connectivity index (χ4v) is 4.16. The average molecular weight is 402 g/mol. The molecule has 1 atom stereocenters. The van der Waals surface area contributed by atoms with Crippen LogP contribution in [0.15, 0.2) is 22.5 Å². The molecule has 0 bridgehead atoms. The van der Waals surface area contributed by atoms with E-state index in [4.69, 9.17) is 0 Å². The van der Waals surface area contributed by atoms with E-state index >= 15 is 0 Å². The van der Waals surface area contributed by atoms with Gasteiger partial charge in [0.2, 0.25) is 0 Å². The quantitative estimate of drug-likeness (QED) is 0.726. The summed E-state index contributed by atoms with van der Waals surface area (Å²) in [5.41, 5.74) is 1.36. The highest BCUT2D eigenvalue weighted by molar-refractivity contribution is 9.11. The van der Waals surface area contributed by atoms with Crippen molar-refractivity contribution in [1.29, 1.82) is 0 Å². The van der Waals surface area contributed by atoms with Crippen LogP contribution in [0.5, 0.6) is 0 Å². The van der Waals surface area contributed by atoms with Gasteiger partial charge in [0.25, 0.3) is 0 Å². The molecular weight excluding hydrogens is 379 g/mol. The number of nitrogens with one attached hydrogen (secondary N) is 1. The Kier molecular flexibility index (Phi) is 10.4. The smallest absolute Gasteiger partial charge is 0.0731 e. The number of allylic oxidation sites excluding steroid dienone is 1. The zero-order valence-electron chi connectivity index (χ0n) is 11.7. The summed E-state index contributed by atoms with van der Waals surface area (Å²) >= 11 is 5.53. The largest absolute Gasteiger partial charge is 0.314 e. The predicted molar refractivity (Wildman–Crippen MR) is 97.9 cm³/mol. The number of rotatable bonds is 5. The molecule has 1 saturated heterocycles. The summed E-state index contributed by atoms with van der Waals surface area (Å²) in [4.78, 5) is 4.10. The van der Waals surface area contributed by atoms with Gasteiger partial charge in [0.05, 0.1) is 3.79 Å². The van der Waals surface area contributed by atoms with Crippen molar-refractivity contribution >= 4 is 52.1 Å². The fourth-order valence-electron chi connectivity index (χ4n) is 2.42. The maximum absolute atomic E-state index is 3.86. The summed E-state index contributed by atoms with van der Waals surface area (Å²) in [6.45, 7) is 10.5. The van der Waals surface area contributed by atoms with Crippen LogP contribution < -0.4 is 5.32 Å². The van der Waals surface area contributed by atoms with E-state index < -0.39 is 0 Å². The molecule has 0 amide bonds. The lowest BCUT2D eigenvalue weighted by molar-refractivity contribution is 0.168. The molecule has 6 heteroatoms. The number of halogens is 3. The maximum atomic E-state index is 3.86. The van der Waals surface area contributed by atoms with Gasteiger partial charge < -0.3 is 5.32 Å². The standard InChI is InChI=1S/C14H21BrN2S.2ClH/c1-3-4-5-12(17-8-6-16-7-9-17)13-10-11(2)14(15)18-13;;/h3,10,12,16H,1,4-9H2,2H3;2*1H/t12-;;/m1../s1. The molecule has 0 radical (unpaired) electrons. The second-order valence-electron chi connectivity index (χ2n) is 4.77. The second kappa shape index (κ2) is 10.2. The molecule has 0 spiro atoms. The monoisotopic (exact) mass is 400 g/mol. The van der Waals surface area contributed by atoms with Gasteiger partial charge >= 0.3 is 0 Å². The molecule has 0 aliphatic carbocycles. The Hall–Kier alpha value is 0.420. The van der Waals surface area contributed by atoms with Gasteiger partial charge in [-0.2, -0.15) is 0 Å². The molecule has 1 aliphatic heterocycles. The zero-order valence-corrected chi connectivity index (χ0v) is 15.8. The Bertz CT molecular complexity index is 386. The Balaban J connectivity index is 0.00000180. The number of nitrogens with zero attached hydrogens (tertiary/aromatic N) is 1. The summed E-state index contributed by atoms with van der Waals surface area (Å²) < 4.78 is 1.27. The SMILES string of the molecule is C=CCC[C@H](c1cc(C)c(Br)s1)N1CCNCC1.Cl.Cl. The minimum atomic E-state index is 0. The molecule has 1 aliphatic rings. The first-order valence-electron chi connectivity index (χ1n) is 6.54. The zero-order chi connectivity index (χ0) is 13.0. The van der Waals surface area contributed by atoms with Crippen LogP contribution in [0, 0.1) is 6.92 Å². The van der Waals surface area contributed by atoms with E-state index in [-0.39, 0.29) is 24.8 Å². The van der Waals surface area contributed by atoms with Gasteiger partial charge in [0.15, 0.2) is 0 Å². The van der Waals surface area contributed by atoms with Crippen LogP contribution in [0.2, 0.25) is 0 Å². The molecule has 1 aromatic rings. The lowest BCUT2D eigenvalue weighted by Gasteiger charge is -2.34. The van der Waals surface area contributed by atoms with E-state index in [1.165, 1.54) is 20.6 Å². The molecule has 0 unspecified atom stereocenters. The third kappa shape index (κ3) is 5.32. The van der Waals surface area contributed by atoms with E-state index in [1.807, 2.05) is 17.4 Å². The Morgan fingerprint density at radius 3 is 2.60 bits per heavy atom. The number of hydrogen-bond donors (Lipinski definition) is 1. The molecule has 0 saturated carbocycles. The molecule has 2 nitrogen and oxygen atoms in total. The van der Waals surface area contributed by atoms with Gasteiger partial charge in [-0.05, 0) is 47.3 Å². The van der Waals surface area contributed by atoms with Gasteiger partial charge in [0.1, 0.15) is 0 Å². The highest BCUT2D eigenvalue weighted by Gasteiger charge is 2.23. The van der Waals surface area contributed by atoms with Crippen molar-refractivity contribution < 1.29 is 0 Å². The first kappa shape index (κ1) is 20.4. The third-order valence-electron chi connectivity index (χ3n) is 3.44. The van der Waals surface area contributed by atoms with E-state index in [0.717, 1.165) is 32.6 Å². The van der Waals surface area contributed by atoms with Crippen molar-refractivity contribution in [3.05, 3.63) is 32.9 Å². The number of hydrogen-bond acceptors (Lipinski definition) is 3. The van der Waals surface area contributed by atoms with E-state index in [2.05, 4.69) is 45.7 Å². The van der Waals surface area contributed by atoms with Crippen molar-refractivity contribution in [2.24, 2.45) is 0 Å². The van der Waals surface area contributed by atoms with Gasteiger partial charge in [-0.1, -0.05) is 6.08 Å². The first-order valence-corrected chi connectivity index (χ1v) is 8.15. The average Bonchev–Trinajstić information content (AvgIpc) is 2.71. The topological polar surface area (TPSA) is 15.3 Å². The van der Waals surface area contributed by atoms with Crippen LogP contribution in [0.25, 0.3) is 0 Å². The first-order chi connectivity index (χ1) is 8.72. The molecule has 20 heavy (non-hydrogen) atoms. The molecule has 1 aromatic heterocycles. The third-order valence-corrected chi connectivity index (χ3v) is 5.68. The van der Waals surface area contributed by atoms with E-state index in [1.54, 1.807) is 0 Å². The van der Waals surface area contributed by atoms with Crippen molar-refractivity contribution in [3.8, 4) is 0 Å². The second-order valence-corrected chi connectivity index (χ2v) is 7.17. The van der Waals surface area contributed by atoms with Gasteiger partial charge in [-0.15, -0.1) is 42.7 Å². The fraction of sp³-hybridized carbons (Fsp3) is 0.571. The highest BCUT2D eigenvalue weighted by atomic mass is 79.9. The van der Waals surface area contributed by atoms with Crippen LogP contribution >= 0.6 is 52.1 Å². The van der Waals surface area contributed by atoms with E-state index in [0.29, 0.717) is 6.04 Å². The molecule has 116 valence electrons. The summed E-state index contributed by atoms with van der Waals surface area (Å²) in [5.74, 6) is 0. The number of piperazine rings is 1. The van der Waals surface area contributed by atoms with Crippen LogP contribution in [0.1, 0.15) is 29.3 Å². The maximum Gasteiger partial charge on any atom is 0.0731 e. The normalized spacial score (nSPS) is 16.9. The molecular formula is C14H23BrCl2N2S. The number of thiophene rings is 1. The minimum absolute atomic E-state index is 0. The summed E-state index contributed by atoms with van der Waals surface area (Å²) in [5, 5.41) is 3.43. The lowest BCUT2D eigenvalue weighted by atomic mass is 10.1. The van der Waals surface area contributed by atoms with Crippen LogP contribution in [-0.4, -0.2) is 31.1 Å². The molecule has 0 aromatic carbocycles. The van der Waals surface area contributed by atoms with Crippen LogP contribution in [0.3, 0.4) is 0 Å². The molecule has 1 fully saturated rings. The molecule has 1 N–H and O–H groups in total. The van der Waals surface area contributed by atoms with Crippen molar-refractivity contribution in [2.75, 3.05) is 26.2 Å². The number of aryl methyl sites for hydroxylation is 1.